The number of carbonyl (C=O) groups excluding carboxylic acids is 2. The highest BCUT2D eigenvalue weighted by Crippen LogP contribution is 2.39. The maximum absolute atomic E-state index is 12.7. The standard InChI is InChI=1S/C17H22O4/c1-5-21-16(19)17(2,3)14-9-6-11-10-12(20-4)7-8-13(11)15(14)18/h7-8,10,14H,5-6,9H2,1-4H3. The van der Waals surface area contributed by atoms with Gasteiger partial charge in [0.25, 0.3) is 0 Å². The van der Waals surface area contributed by atoms with Gasteiger partial charge < -0.3 is 9.47 Å². The molecule has 1 unspecified atom stereocenters. The first-order valence-corrected chi connectivity index (χ1v) is 7.30. The smallest absolute Gasteiger partial charge is 0.312 e. The summed E-state index contributed by atoms with van der Waals surface area (Å²) in [5.41, 5.74) is 0.893. The van der Waals surface area contributed by atoms with E-state index in [1.807, 2.05) is 6.07 Å². The van der Waals surface area contributed by atoms with Gasteiger partial charge in [-0.15, -0.1) is 0 Å². The Morgan fingerprint density at radius 3 is 2.71 bits per heavy atom. The van der Waals surface area contributed by atoms with Gasteiger partial charge in [0.2, 0.25) is 0 Å². The number of ether oxygens (including phenoxy) is 2. The van der Waals surface area contributed by atoms with E-state index in [-0.39, 0.29) is 17.7 Å². The Morgan fingerprint density at radius 1 is 1.38 bits per heavy atom. The second-order valence-electron chi connectivity index (χ2n) is 5.92. The highest BCUT2D eigenvalue weighted by molar-refractivity contribution is 6.03. The molecule has 1 aromatic carbocycles. The fourth-order valence-electron chi connectivity index (χ4n) is 2.91. The van der Waals surface area contributed by atoms with Crippen LogP contribution in [0.1, 0.15) is 43.1 Å². The third-order valence-electron chi connectivity index (χ3n) is 4.27. The van der Waals surface area contributed by atoms with Crippen LogP contribution in [0.5, 0.6) is 5.75 Å². The summed E-state index contributed by atoms with van der Waals surface area (Å²) in [7, 11) is 1.61. The van der Waals surface area contributed by atoms with Crippen molar-refractivity contribution >= 4 is 11.8 Å². The summed E-state index contributed by atoms with van der Waals surface area (Å²) in [4.78, 5) is 24.9. The van der Waals surface area contributed by atoms with Crippen molar-refractivity contribution in [2.45, 2.75) is 33.6 Å². The number of carbonyl (C=O) groups is 2. The fraction of sp³-hybridized carbons (Fsp3) is 0.529. The summed E-state index contributed by atoms with van der Waals surface area (Å²) < 4.78 is 10.3. The average Bonchev–Trinajstić information content (AvgIpc) is 2.47. The maximum Gasteiger partial charge on any atom is 0.312 e. The first-order chi connectivity index (χ1) is 9.91. The SMILES string of the molecule is CCOC(=O)C(C)(C)C1CCc2cc(OC)ccc2C1=O. The Morgan fingerprint density at radius 2 is 2.10 bits per heavy atom. The summed E-state index contributed by atoms with van der Waals surface area (Å²) in [5.74, 6) is 0.138. The van der Waals surface area contributed by atoms with Crippen LogP contribution < -0.4 is 4.74 Å². The van der Waals surface area contributed by atoms with Gasteiger partial charge in [0.05, 0.1) is 19.1 Å². The van der Waals surface area contributed by atoms with Crippen molar-refractivity contribution in [2.24, 2.45) is 11.3 Å². The van der Waals surface area contributed by atoms with E-state index in [4.69, 9.17) is 9.47 Å². The molecule has 21 heavy (non-hydrogen) atoms. The van der Waals surface area contributed by atoms with Gasteiger partial charge in [0, 0.05) is 11.5 Å². The number of methoxy groups -OCH3 is 1. The molecule has 0 bridgehead atoms. The third-order valence-corrected chi connectivity index (χ3v) is 4.27. The Kier molecular flexibility index (Phi) is 4.35. The van der Waals surface area contributed by atoms with Crippen LogP contribution in [0.25, 0.3) is 0 Å². The molecule has 0 radical (unpaired) electrons. The molecule has 0 saturated heterocycles. The lowest BCUT2D eigenvalue weighted by molar-refractivity contribution is -0.155. The van der Waals surface area contributed by atoms with Gasteiger partial charge >= 0.3 is 5.97 Å². The van der Waals surface area contributed by atoms with Crippen molar-refractivity contribution in [3.8, 4) is 5.75 Å². The molecular formula is C17H22O4. The minimum Gasteiger partial charge on any atom is -0.497 e. The number of fused-ring (bicyclic) bond motifs is 1. The average molecular weight is 290 g/mol. The van der Waals surface area contributed by atoms with Gasteiger partial charge in [-0.25, -0.2) is 0 Å². The monoisotopic (exact) mass is 290 g/mol. The molecule has 1 aromatic rings. The molecule has 0 aliphatic heterocycles. The molecule has 0 heterocycles. The van der Waals surface area contributed by atoms with Crippen molar-refractivity contribution in [3.63, 3.8) is 0 Å². The zero-order chi connectivity index (χ0) is 15.6. The Hall–Kier alpha value is -1.84. The summed E-state index contributed by atoms with van der Waals surface area (Å²) in [6.07, 6.45) is 1.43. The van der Waals surface area contributed by atoms with Crippen molar-refractivity contribution in [1.82, 2.24) is 0 Å². The molecule has 0 aromatic heterocycles. The molecule has 4 heteroatoms. The summed E-state index contributed by atoms with van der Waals surface area (Å²) >= 11 is 0. The maximum atomic E-state index is 12.7. The van der Waals surface area contributed by atoms with E-state index in [1.54, 1.807) is 40.0 Å². The molecule has 2 rings (SSSR count). The van der Waals surface area contributed by atoms with E-state index in [0.29, 0.717) is 18.6 Å². The van der Waals surface area contributed by atoms with Crippen molar-refractivity contribution in [1.29, 1.82) is 0 Å². The fourth-order valence-corrected chi connectivity index (χ4v) is 2.91. The van der Waals surface area contributed by atoms with E-state index >= 15 is 0 Å². The number of esters is 1. The number of hydrogen-bond donors (Lipinski definition) is 0. The molecule has 0 amide bonds. The topological polar surface area (TPSA) is 52.6 Å². The van der Waals surface area contributed by atoms with Gasteiger partial charge in [-0.05, 0) is 57.4 Å². The zero-order valence-corrected chi connectivity index (χ0v) is 13.1. The van der Waals surface area contributed by atoms with Crippen molar-refractivity contribution in [2.75, 3.05) is 13.7 Å². The van der Waals surface area contributed by atoms with Crippen LogP contribution in [0, 0.1) is 11.3 Å². The number of ketones is 1. The van der Waals surface area contributed by atoms with Crippen LogP contribution in [-0.4, -0.2) is 25.5 Å². The molecular weight excluding hydrogens is 268 g/mol. The molecule has 0 saturated carbocycles. The minimum atomic E-state index is -0.801. The second kappa shape index (κ2) is 5.88. The lowest BCUT2D eigenvalue weighted by Gasteiger charge is -2.34. The van der Waals surface area contributed by atoms with Crippen LogP contribution in [-0.2, 0) is 16.0 Å². The largest absolute Gasteiger partial charge is 0.497 e. The van der Waals surface area contributed by atoms with Gasteiger partial charge in [-0.1, -0.05) is 0 Å². The number of Topliss-reactive ketones (excluding diaryl/α,β-unsaturated/α-hetero) is 1. The van der Waals surface area contributed by atoms with Crippen LogP contribution >= 0.6 is 0 Å². The van der Waals surface area contributed by atoms with Gasteiger partial charge in [-0.2, -0.15) is 0 Å². The number of rotatable bonds is 4. The van der Waals surface area contributed by atoms with E-state index in [9.17, 15) is 9.59 Å². The molecule has 0 N–H and O–H groups in total. The lowest BCUT2D eigenvalue weighted by atomic mass is 9.68. The van der Waals surface area contributed by atoms with E-state index in [1.165, 1.54) is 0 Å². The number of benzene rings is 1. The predicted octanol–water partition coefficient (Wildman–Crippen LogP) is 3.03. The normalized spacial score (nSPS) is 18.1. The zero-order valence-electron chi connectivity index (χ0n) is 13.1. The molecule has 1 atom stereocenters. The number of hydrogen-bond acceptors (Lipinski definition) is 4. The summed E-state index contributed by atoms with van der Waals surface area (Å²) in [5, 5.41) is 0. The third kappa shape index (κ3) is 2.80. The minimum absolute atomic E-state index is 0.0250. The number of aryl methyl sites for hydroxylation is 1. The Labute approximate surface area is 125 Å². The summed E-state index contributed by atoms with van der Waals surface area (Å²) in [6.45, 7) is 5.69. The Bertz CT molecular complexity index is 560. The molecule has 4 nitrogen and oxygen atoms in total. The highest BCUT2D eigenvalue weighted by atomic mass is 16.5. The predicted molar refractivity (Wildman–Crippen MR) is 79.5 cm³/mol. The molecule has 1 aliphatic carbocycles. The van der Waals surface area contributed by atoms with E-state index < -0.39 is 5.41 Å². The van der Waals surface area contributed by atoms with Crippen LogP contribution in [0.2, 0.25) is 0 Å². The van der Waals surface area contributed by atoms with Gasteiger partial charge in [0.15, 0.2) is 5.78 Å². The molecule has 114 valence electrons. The van der Waals surface area contributed by atoms with Crippen LogP contribution in [0.15, 0.2) is 18.2 Å². The van der Waals surface area contributed by atoms with Crippen LogP contribution in [0.4, 0.5) is 0 Å². The quantitative estimate of drug-likeness (QED) is 0.800. The highest BCUT2D eigenvalue weighted by Gasteiger charge is 2.44. The lowest BCUT2D eigenvalue weighted by Crippen LogP contribution is -2.41. The second-order valence-corrected chi connectivity index (χ2v) is 5.92. The molecule has 1 aliphatic rings. The first-order valence-electron chi connectivity index (χ1n) is 7.30. The van der Waals surface area contributed by atoms with E-state index in [2.05, 4.69) is 0 Å². The van der Waals surface area contributed by atoms with Crippen molar-refractivity contribution < 1.29 is 19.1 Å². The van der Waals surface area contributed by atoms with Crippen LogP contribution in [0.3, 0.4) is 0 Å². The van der Waals surface area contributed by atoms with E-state index in [0.717, 1.165) is 17.7 Å². The molecule has 0 fully saturated rings. The van der Waals surface area contributed by atoms with Crippen molar-refractivity contribution in [3.05, 3.63) is 29.3 Å². The van der Waals surface area contributed by atoms with Gasteiger partial charge in [0.1, 0.15) is 5.75 Å². The Balaban J connectivity index is 2.30. The first kappa shape index (κ1) is 15.5. The molecule has 0 spiro atoms. The van der Waals surface area contributed by atoms with Gasteiger partial charge in [-0.3, -0.25) is 9.59 Å². The summed E-state index contributed by atoms with van der Waals surface area (Å²) in [6, 6.07) is 5.49.